The number of nitrogens with two attached hydrogens (primary N) is 1. The van der Waals surface area contributed by atoms with E-state index in [4.69, 9.17) is 17.3 Å². The highest BCUT2D eigenvalue weighted by molar-refractivity contribution is 6.34. The first-order chi connectivity index (χ1) is 9.67. The molecule has 0 aliphatic heterocycles. The lowest BCUT2D eigenvalue weighted by Gasteiger charge is -2.27. The number of aliphatic hydroxyl groups is 2. The van der Waals surface area contributed by atoms with Crippen molar-refractivity contribution in [2.75, 3.05) is 36.9 Å². The number of aliphatic hydroxyl groups excluding tert-OH is 2. The number of aromatic amines is 1. The van der Waals surface area contributed by atoms with Crippen molar-refractivity contribution < 1.29 is 10.2 Å². The van der Waals surface area contributed by atoms with Crippen LogP contribution in [0.3, 0.4) is 0 Å². The van der Waals surface area contributed by atoms with Crippen LogP contribution in [-0.4, -0.2) is 41.5 Å². The van der Waals surface area contributed by atoms with Gasteiger partial charge in [0.1, 0.15) is 0 Å². The SMILES string of the molecule is Nc1cc(Cl)c(N(CCO)CCO)c(-c2ccc[nH]2)c1. The van der Waals surface area contributed by atoms with E-state index in [0.29, 0.717) is 23.8 Å². The molecule has 0 amide bonds. The van der Waals surface area contributed by atoms with Gasteiger partial charge in [-0.3, -0.25) is 0 Å². The van der Waals surface area contributed by atoms with E-state index in [9.17, 15) is 10.2 Å². The second kappa shape index (κ2) is 6.65. The summed E-state index contributed by atoms with van der Waals surface area (Å²) in [6, 6.07) is 7.31. The van der Waals surface area contributed by atoms with Gasteiger partial charge in [0, 0.05) is 36.2 Å². The highest BCUT2D eigenvalue weighted by Gasteiger charge is 2.17. The molecule has 2 rings (SSSR count). The Kier molecular flexibility index (Phi) is 4.89. The summed E-state index contributed by atoms with van der Waals surface area (Å²) >= 11 is 6.32. The van der Waals surface area contributed by atoms with Gasteiger partial charge in [-0.1, -0.05) is 11.6 Å². The molecule has 1 aromatic carbocycles. The Labute approximate surface area is 122 Å². The summed E-state index contributed by atoms with van der Waals surface area (Å²) in [6.07, 6.45) is 1.82. The molecule has 0 saturated heterocycles. The van der Waals surface area contributed by atoms with E-state index in [1.807, 2.05) is 29.3 Å². The van der Waals surface area contributed by atoms with Crippen LogP contribution in [0.2, 0.25) is 5.02 Å². The molecule has 0 radical (unpaired) electrons. The Hall–Kier alpha value is -1.69. The van der Waals surface area contributed by atoms with Gasteiger partial charge in [0.15, 0.2) is 0 Å². The number of hydrogen-bond acceptors (Lipinski definition) is 4. The van der Waals surface area contributed by atoms with E-state index in [0.717, 1.165) is 16.9 Å². The van der Waals surface area contributed by atoms with Crippen molar-refractivity contribution >= 4 is 23.0 Å². The van der Waals surface area contributed by atoms with Crippen molar-refractivity contribution in [3.8, 4) is 11.3 Å². The maximum absolute atomic E-state index is 9.19. The van der Waals surface area contributed by atoms with E-state index in [1.165, 1.54) is 0 Å². The summed E-state index contributed by atoms with van der Waals surface area (Å²) < 4.78 is 0. The summed E-state index contributed by atoms with van der Waals surface area (Å²) in [5.41, 5.74) is 8.92. The van der Waals surface area contributed by atoms with Gasteiger partial charge in [-0.05, 0) is 24.3 Å². The van der Waals surface area contributed by atoms with Gasteiger partial charge in [0.25, 0.3) is 0 Å². The van der Waals surface area contributed by atoms with E-state index >= 15 is 0 Å². The van der Waals surface area contributed by atoms with Crippen LogP contribution in [-0.2, 0) is 0 Å². The molecule has 0 atom stereocenters. The predicted molar refractivity (Wildman–Crippen MR) is 82.0 cm³/mol. The molecule has 0 aliphatic rings. The fourth-order valence-corrected chi connectivity index (χ4v) is 2.57. The average Bonchev–Trinajstić information content (AvgIpc) is 2.91. The first kappa shape index (κ1) is 14.7. The van der Waals surface area contributed by atoms with Crippen LogP contribution in [0.5, 0.6) is 0 Å². The standard InChI is InChI=1S/C14H18ClN3O2/c15-12-9-10(16)8-11(13-2-1-3-17-13)14(12)18(4-6-19)5-7-20/h1-3,8-9,17,19-20H,4-7,16H2. The smallest absolute Gasteiger partial charge is 0.0667 e. The van der Waals surface area contributed by atoms with Gasteiger partial charge in [-0.15, -0.1) is 0 Å². The Bertz CT molecular complexity index is 552. The minimum Gasteiger partial charge on any atom is -0.399 e. The Morgan fingerprint density at radius 2 is 1.90 bits per heavy atom. The lowest BCUT2D eigenvalue weighted by molar-refractivity contribution is 0.281. The van der Waals surface area contributed by atoms with Gasteiger partial charge in [0.05, 0.1) is 23.9 Å². The van der Waals surface area contributed by atoms with E-state index in [-0.39, 0.29) is 13.2 Å². The van der Waals surface area contributed by atoms with Crippen LogP contribution < -0.4 is 10.6 Å². The zero-order chi connectivity index (χ0) is 14.5. The average molecular weight is 296 g/mol. The van der Waals surface area contributed by atoms with Crippen LogP contribution >= 0.6 is 11.6 Å². The summed E-state index contributed by atoms with van der Waals surface area (Å²) in [7, 11) is 0. The molecule has 20 heavy (non-hydrogen) atoms. The minimum absolute atomic E-state index is 0.0229. The summed E-state index contributed by atoms with van der Waals surface area (Å²) in [6.45, 7) is 0.728. The Balaban J connectivity index is 2.54. The van der Waals surface area contributed by atoms with Crippen molar-refractivity contribution in [3.63, 3.8) is 0 Å². The van der Waals surface area contributed by atoms with Crippen LogP contribution in [0.1, 0.15) is 0 Å². The molecule has 1 heterocycles. The van der Waals surface area contributed by atoms with Crippen molar-refractivity contribution in [1.82, 2.24) is 4.98 Å². The third-order valence-electron chi connectivity index (χ3n) is 3.03. The molecule has 108 valence electrons. The van der Waals surface area contributed by atoms with Crippen molar-refractivity contribution in [2.24, 2.45) is 0 Å². The maximum Gasteiger partial charge on any atom is 0.0667 e. The van der Waals surface area contributed by atoms with Crippen molar-refractivity contribution in [3.05, 3.63) is 35.5 Å². The number of benzene rings is 1. The summed E-state index contributed by atoms with van der Waals surface area (Å²) in [5, 5.41) is 18.9. The molecular formula is C14H18ClN3O2. The van der Waals surface area contributed by atoms with Gasteiger partial charge in [-0.2, -0.15) is 0 Å². The van der Waals surface area contributed by atoms with Crippen molar-refractivity contribution in [1.29, 1.82) is 0 Å². The first-order valence-electron chi connectivity index (χ1n) is 6.36. The zero-order valence-corrected chi connectivity index (χ0v) is 11.8. The largest absolute Gasteiger partial charge is 0.399 e. The third kappa shape index (κ3) is 3.07. The second-order valence-corrected chi connectivity index (χ2v) is 4.82. The van der Waals surface area contributed by atoms with Crippen molar-refractivity contribution in [2.45, 2.75) is 0 Å². The lowest BCUT2D eigenvalue weighted by Crippen LogP contribution is -2.30. The lowest BCUT2D eigenvalue weighted by atomic mass is 10.1. The summed E-state index contributed by atoms with van der Waals surface area (Å²) in [5.74, 6) is 0. The number of aromatic nitrogens is 1. The minimum atomic E-state index is -0.0229. The Morgan fingerprint density at radius 3 is 2.45 bits per heavy atom. The Morgan fingerprint density at radius 1 is 1.20 bits per heavy atom. The monoisotopic (exact) mass is 295 g/mol. The van der Waals surface area contributed by atoms with E-state index in [2.05, 4.69) is 4.98 Å². The van der Waals surface area contributed by atoms with Gasteiger partial charge in [0.2, 0.25) is 0 Å². The number of anilines is 2. The zero-order valence-electron chi connectivity index (χ0n) is 11.0. The highest BCUT2D eigenvalue weighted by atomic mass is 35.5. The molecule has 0 bridgehead atoms. The molecule has 0 saturated carbocycles. The summed E-state index contributed by atoms with van der Waals surface area (Å²) in [4.78, 5) is 4.97. The molecule has 0 aliphatic carbocycles. The molecule has 5 nitrogen and oxygen atoms in total. The van der Waals surface area contributed by atoms with Crippen LogP contribution in [0.4, 0.5) is 11.4 Å². The van der Waals surface area contributed by atoms with Gasteiger partial charge in [-0.25, -0.2) is 0 Å². The number of rotatable bonds is 6. The van der Waals surface area contributed by atoms with Gasteiger partial charge < -0.3 is 25.8 Å². The van der Waals surface area contributed by atoms with E-state index in [1.54, 1.807) is 6.07 Å². The highest BCUT2D eigenvalue weighted by Crippen LogP contribution is 2.38. The topological polar surface area (TPSA) is 85.5 Å². The second-order valence-electron chi connectivity index (χ2n) is 4.42. The number of H-pyrrole nitrogens is 1. The van der Waals surface area contributed by atoms with E-state index < -0.39 is 0 Å². The normalized spacial score (nSPS) is 10.8. The first-order valence-corrected chi connectivity index (χ1v) is 6.74. The third-order valence-corrected chi connectivity index (χ3v) is 3.32. The maximum atomic E-state index is 9.19. The predicted octanol–water partition coefficient (Wildman–Crippen LogP) is 1.71. The molecule has 5 N–H and O–H groups in total. The number of nitrogens with one attached hydrogen (secondary N) is 1. The molecule has 0 unspecified atom stereocenters. The quantitative estimate of drug-likeness (QED) is 0.611. The molecule has 0 fully saturated rings. The molecule has 6 heteroatoms. The molecule has 1 aromatic heterocycles. The number of hydrogen-bond donors (Lipinski definition) is 4. The number of nitrogens with zero attached hydrogens (tertiary/aromatic N) is 1. The fourth-order valence-electron chi connectivity index (χ4n) is 2.22. The van der Waals surface area contributed by atoms with Crippen LogP contribution in [0.15, 0.2) is 30.5 Å². The molecule has 0 spiro atoms. The molecular weight excluding hydrogens is 278 g/mol. The number of halogens is 1. The van der Waals surface area contributed by atoms with Crippen LogP contribution in [0.25, 0.3) is 11.3 Å². The fraction of sp³-hybridized carbons (Fsp3) is 0.286. The van der Waals surface area contributed by atoms with Crippen LogP contribution in [0, 0.1) is 0 Å². The number of nitrogen functional groups attached to an aromatic ring is 1. The van der Waals surface area contributed by atoms with Gasteiger partial charge >= 0.3 is 0 Å². The molecule has 2 aromatic rings.